The summed E-state index contributed by atoms with van der Waals surface area (Å²) >= 11 is 0. The van der Waals surface area contributed by atoms with Crippen molar-refractivity contribution in [3.05, 3.63) is 59.9 Å². The predicted octanol–water partition coefficient (Wildman–Crippen LogP) is 4.77. The second kappa shape index (κ2) is 9.01. The van der Waals surface area contributed by atoms with Crippen LogP contribution in [0.4, 0.5) is 14.6 Å². The van der Waals surface area contributed by atoms with Crippen LogP contribution in [0.5, 0.6) is 0 Å². The lowest BCUT2D eigenvalue weighted by Gasteiger charge is -2.20. The molecule has 0 saturated heterocycles. The summed E-state index contributed by atoms with van der Waals surface area (Å²) in [6.45, 7) is 6.23. The molecule has 2 aromatic carbocycles. The Morgan fingerprint density at radius 1 is 1.00 bits per heavy atom. The molecule has 1 N–H and O–H groups in total. The molecule has 160 valence electrons. The van der Waals surface area contributed by atoms with E-state index in [4.69, 9.17) is 0 Å². The zero-order valence-electron chi connectivity index (χ0n) is 17.0. The topological polar surface area (TPSA) is 75.2 Å². The van der Waals surface area contributed by atoms with E-state index in [0.29, 0.717) is 29.8 Å². The number of hydrogen-bond donors (Lipinski definition) is 1. The van der Waals surface area contributed by atoms with Gasteiger partial charge in [-0.2, -0.15) is 4.31 Å². The number of benzene rings is 2. The molecule has 1 atom stereocenters. The molecule has 0 aliphatic heterocycles. The monoisotopic (exact) mass is 434 g/mol. The number of anilines is 1. The number of halogens is 2. The minimum Gasteiger partial charge on any atom is -0.363 e. The van der Waals surface area contributed by atoms with Gasteiger partial charge in [-0.3, -0.25) is 0 Å². The number of nitrogens with one attached hydrogen (secondary N) is 1. The van der Waals surface area contributed by atoms with E-state index < -0.39 is 22.3 Å². The Balaban J connectivity index is 1.89. The average molecular weight is 435 g/mol. The van der Waals surface area contributed by atoms with Crippen LogP contribution in [0, 0.1) is 0 Å². The second-order valence-electron chi connectivity index (χ2n) is 6.77. The molecule has 1 heterocycles. The van der Waals surface area contributed by atoms with Crippen molar-refractivity contribution in [2.45, 2.75) is 38.1 Å². The molecule has 1 unspecified atom stereocenters. The van der Waals surface area contributed by atoms with Gasteiger partial charge in [-0.1, -0.05) is 38.1 Å². The number of alkyl halides is 2. The second-order valence-corrected chi connectivity index (χ2v) is 8.71. The van der Waals surface area contributed by atoms with Crippen molar-refractivity contribution in [1.29, 1.82) is 0 Å². The first-order valence-corrected chi connectivity index (χ1v) is 11.1. The minimum atomic E-state index is -3.54. The van der Waals surface area contributed by atoms with E-state index in [9.17, 15) is 17.2 Å². The van der Waals surface area contributed by atoms with Crippen LogP contribution in [0.3, 0.4) is 0 Å². The number of para-hydroxylation sites is 1. The lowest BCUT2D eigenvalue weighted by atomic mass is 10.1. The molecule has 9 heteroatoms. The van der Waals surface area contributed by atoms with Crippen molar-refractivity contribution in [2.75, 3.05) is 18.4 Å². The van der Waals surface area contributed by atoms with Gasteiger partial charge in [0.15, 0.2) is 5.82 Å². The maximum Gasteiger partial charge on any atom is 0.297 e. The molecule has 3 rings (SSSR count). The van der Waals surface area contributed by atoms with Crippen molar-refractivity contribution in [3.63, 3.8) is 0 Å². The molecule has 0 amide bonds. The molecule has 3 aromatic rings. The summed E-state index contributed by atoms with van der Waals surface area (Å²) < 4.78 is 53.1. The van der Waals surface area contributed by atoms with Gasteiger partial charge in [0.25, 0.3) is 6.43 Å². The van der Waals surface area contributed by atoms with Crippen LogP contribution in [-0.4, -0.2) is 35.8 Å². The summed E-state index contributed by atoms with van der Waals surface area (Å²) in [5.41, 5.74) is 1.23. The Morgan fingerprint density at radius 2 is 1.63 bits per heavy atom. The number of aromatic nitrogens is 2. The van der Waals surface area contributed by atoms with Crippen LogP contribution in [0.2, 0.25) is 0 Å². The fourth-order valence-electron chi connectivity index (χ4n) is 3.23. The lowest BCUT2D eigenvalue weighted by Crippen LogP contribution is -2.30. The number of hydrogen-bond acceptors (Lipinski definition) is 5. The Morgan fingerprint density at radius 3 is 2.23 bits per heavy atom. The first-order valence-electron chi connectivity index (χ1n) is 9.69. The van der Waals surface area contributed by atoms with Crippen molar-refractivity contribution in [2.24, 2.45) is 0 Å². The Kier molecular flexibility index (Phi) is 6.62. The van der Waals surface area contributed by atoms with E-state index in [0.717, 1.165) is 5.56 Å². The highest BCUT2D eigenvalue weighted by Crippen LogP contribution is 2.28. The van der Waals surface area contributed by atoms with Gasteiger partial charge in [-0.05, 0) is 36.8 Å². The van der Waals surface area contributed by atoms with E-state index in [2.05, 4.69) is 15.3 Å². The largest absolute Gasteiger partial charge is 0.363 e. The zero-order valence-corrected chi connectivity index (χ0v) is 17.8. The van der Waals surface area contributed by atoms with Crippen molar-refractivity contribution in [1.82, 2.24) is 14.3 Å². The van der Waals surface area contributed by atoms with Gasteiger partial charge >= 0.3 is 0 Å². The van der Waals surface area contributed by atoms with Crippen molar-refractivity contribution in [3.8, 4) is 0 Å². The SMILES string of the molecule is CCN(CC)S(=O)(=O)c1ccc(C(C)Nc2nc(C(F)F)nc3ccccc23)cc1. The molecular formula is C21H24F2N4O2S. The molecule has 0 bridgehead atoms. The van der Waals surface area contributed by atoms with E-state index in [1.165, 1.54) is 4.31 Å². The maximum absolute atomic E-state index is 13.2. The highest BCUT2D eigenvalue weighted by Gasteiger charge is 2.22. The van der Waals surface area contributed by atoms with Crippen LogP contribution in [0.1, 0.15) is 44.6 Å². The highest BCUT2D eigenvalue weighted by atomic mass is 32.2. The molecule has 0 radical (unpaired) electrons. The number of rotatable bonds is 8. The first-order chi connectivity index (χ1) is 14.3. The Hall–Kier alpha value is -2.65. The van der Waals surface area contributed by atoms with E-state index in [1.54, 1.807) is 62.4 Å². The van der Waals surface area contributed by atoms with Crippen LogP contribution in [0.25, 0.3) is 10.9 Å². The van der Waals surface area contributed by atoms with E-state index in [-0.39, 0.29) is 10.9 Å². The maximum atomic E-state index is 13.2. The van der Waals surface area contributed by atoms with Crippen LogP contribution in [-0.2, 0) is 10.0 Å². The number of sulfonamides is 1. The lowest BCUT2D eigenvalue weighted by molar-refractivity contribution is 0.141. The summed E-state index contributed by atoms with van der Waals surface area (Å²) in [6, 6.07) is 13.2. The standard InChI is InChI=1S/C21H24F2N4O2S/c1-4-27(5-2)30(28,29)16-12-10-15(11-13-16)14(3)24-20-17-8-6-7-9-18(17)25-21(26-20)19(22)23/h6-14,19H,4-5H2,1-3H3,(H,24,25,26). The fraction of sp³-hybridized carbons (Fsp3) is 0.333. The molecule has 0 spiro atoms. The Bertz CT molecular complexity index is 1120. The van der Waals surface area contributed by atoms with Crippen LogP contribution >= 0.6 is 0 Å². The molecular weight excluding hydrogens is 410 g/mol. The summed E-state index contributed by atoms with van der Waals surface area (Å²) in [7, 11) is -3.54. The summed E-state index contributed by atoms with van der Waals surface area (Å²) in [6.07, 6.45) is -2.78. The Labute approximate surface area is 175 Å². The molecule has 0 aliphatic rings. The summed E-state index contributed by atoms with van der Waals surface area (Å²) in [5.74, 6) is -0.229. The van der Waals surface area contributed by atoms with Crippen molar-refractivity contribution >= 4 is 26.7 Å². The van der Waals surface area contributed by atoms with Crippen LogP contribution < -0.4 is 5.32 Å². The minimum absolute atomic E-state index is 0.217. The normalized spacial score (nSPS) is 13.2. The first kappa shape index (κ1) is 22.0. The van der Waals surface area contributed by atoms with Gasteiger partial charge in [0.1, 0.15) is 5.82 Å². The van der Waals surface area contributed by atoms with Crippen molar-refractivity contribution < 1.29 is 17.2 Å². The average Bonchev–Trinajstić information content (AvgIpc) is 2.74. The molecule has 6 nitrogen and oxygen atoms in total. The van der Waals surface area contributed by atoms with Gasteiger partial charge in [-0.25, -0.2) is 27.2 Å². The molecule has 0 aliphatic carbocycles. The predicted molar refractivity (Wildman–Crippen MR) is 113 cm³/mol. The smallest absolute Gasteiger partial charge is 0.297 e. The molecule has 0 fully saturated rings. The van der Waals surface area contributed by atoms with Crippen LogP contribution in [0.15, 0.2) is 53.4 Å². The van der Waals surface area contributed by atoms with Gasteiger partial charge in [0.05, 0.1) is 10.4 Å². The number of fused-ring (bicyclic) bond motifs is 1. The third kappa shape index (κ3) is 4.41. The van der Waals surface area contributed by atoms with E-state index >= 15 is 0 Å². The molecule has 1 aromatic heterocycles. The number of nitrogens with zero attached hydrogens (tertiary/aromatic N) is 3. The third-order valence-electron chi connectivity index (χ3n) is 4.89. The molecule has 0 saturated carbocycles. The zero-order chi connectivity index (χ0) is 21.9. The third-order valence-corrected chi connectivity index (χ3v) is 6.96. The quantitative estimate of drug-likeness (QED) is 0.553. The van der Waals surface area contributed by atoms with Gasteiger partial charge in [-0.15, -0.1) is 0 Å². The molecule has 30 heavy (non-hydrogen) atoms. The fourth-order valence-corrected chi connectivity index (χ4v) is 4.69. The summed E-state index contributed by atoms with van der Waals surface area (Å²) in [5, 5.41) is 3.79. The van der Waals surface area contributed by atoms with E-state index in [1.807, 2.05) is 6.92 Å². The van der Waals surface area contributed by atoms with Gasteiger partial charge in [0.2, 0.25) is 10.0 Å². The highest BCUT2D eigenvalue weighted by molar-refractivity contribution is 7.89. The van der Waals surface area contributed by atoms with Gasteiger partial charge in [0, 0.05) is 24.5 Å². The summed E-state index contributed by atoms with van der Waals surface area (Å²) in [4.78, 5) is 8.12. The van der Waals surface area contributed by atoms with Gasteiger partial charge < -0.3 is 5.32 Å².